The van der Waals surface area contributed by atoms with Crippen molar-refractivity contribution in [3.63, 3.8) is 0 Å². The average Bonchev–Trinajstić information content (AvgIpc) is 3.62. The number of rotatable bonds is 3. The lowest BCUT2D eigenvalue weighted by molar-refractivity contribution is 0.664. The van der Waals surface area contributed by atoms with Gasteiger partial charge in [0.05, 0.1) is 11.1 Å². The first kappa shape index (κ1) is 25.8. The zero-order chi connectivity index (χ0) is 30.2. The van der Waals surface area contributed by atoms with Crippen molar-refractivity contribution < 1.29 is 4.42 Å². The molecule has 1 spiro atoms. The molecule has 2 nitrogen and oxygen atoms in total. The molecule has 10 rings (SSSR count). The quantitative estimate of drug-likeness (QED) is 0.199. The number of hydrogen-bond donors (Lipinski definition) is 0. The lowest BCUT2D eigenvalue weighted by Crippen LogP contribution is -2.32. The average molecular weight is 606 g/mol. The van der Waals surface area contributed by atoms with Crippen LogP contribution in [-0.4, -0.2) is 0 Å². The summed E-state index contributed by atoms with van der Waals surface area (Å²) in [5, 5.41) is 2.31. The van der Waals surface area contributed by atoms with E-state index in [1.807, 2.05) is 17.8 Å². The Labute approximate surface area is 271 Å². The third-order valence-corrected chi connectivity index (χ3v) is 10.9. The minimum Gasteiger partial charge on any atom is -0.456 e. The number of fused-ring (bicyclic) bond motifs is 12. The van der Waals surface area contributed by atoms with Crippen molar-refractivity contribution in [3.8, 4) is 11.1 Å². The Hall–Kier alpha value is -5.51. The molecule has 0 fully saturated rings. The molecule has 0 amide bonds. The summed E-state index contributed by atoms with van der Waals surface area (Å²) in [5.74, 6) is 0. The number of hydrogen-bond acceptors (Lipinski definition) is 3. The van der Waals surface area contributed by atoms with Crippen molar-refractivity contribution in [2.75, 3.05) is 4.90 Å². The van der Waals surface area contributed by atoms with Crippen molar-refractivity contribution in [2.24, 2.45) is 0 Å². The number of nitrogens with zero attached hydrogens (tertiary/aromatic N) is 1. The standard InChI is InChI=1S/C43H27NOS/c1-3-14-28(15-4-1)44(29-16-5-2-6-17-29)38-24-13-23-36-42(38)46-41-27-40-33(32-20-9-12-25-39(32)45-40)26-37(41)43(36)34-21-10-7-18-30(34)31-19-8-11-22-35(31)43/h1-27H. The van der Waals surface area contributed by atoms with E-state index in [0.29, 0.717) is 0 Å². The first-order chi connectivity index (χ1) is 22.8. The molecule has 0 radical (unpaired) electrons. The molecule has 0 bridgehead atoms. The van der Waals surface area contributed by atoms with Gasteiger partial charge in [-0.2, -0.15) is 0 Å². The molecule has 1 aromatic heterocycles. The number of para-hydroxylation sites is 3. The van der Waals surface area contributed by atoms with Gasteiger partial charge in [-0.25, -0.2) is 0 Å². The Morgan fingerprint density at radius 3 is 1.74 bits per heavy atom. The van der Waals surface area contributed by atoms with Gasteiger partial charge in [0, 0.05) is 31.9 Å². The Morgan fingerprint density at radius 1 is 0.457 bits per heavy atom. The molecular weight excluding hydrogens is 579 g/mol. The van der Waals surface area contributed by atoms with E-state index in [2.05, 4.69) is 163 Å². The third-order valence-electron chi connectivity index (χ3n) is 9.72. The molecule has 46 heavy (non-hydrogen) atoms. The summed E-state index contributed by atoms with van der Waals surface area (Å²) in [4.78, 5) is 4.88. The summed E-state index contributed by atoms with van der Waals surface area (Å²) in [6.45, 7) is 0. The SMILES string of the molecule is c1ccc(N(c2ccccc2)c2cccc3c2Sc2cc4oc5ccccc5c4cc2C32c3ccccc3-c3ccccc32)cc1. The van der Waals surface area contributed by atoms with E-state index in [1.54, 1.807) is 0 Å². The Morgan fingerprint density at radius 2 is 1.04 bits per heavy atom. The molecule has 3 heteroatoms. The van der Waals surface area contributed by atoms with Crippen LogP contribution in [0.25, 0.3) is 33.1 Å². The second-order valence-electron chi connectivity index (χ2n) is 12.0. The molecule has 1 aliphatic carbocycles. The van der Waals surface area contributed by atoms with Gasteiger partial charge in [0.15, 0.2) is 0 Å². The van der Waals surface area contributed by atoms with Gasteiger partial charge in [0.25, 0.3) is 0 Å². The molecule has 0 saturated heterocycles. The van der Waals surface area contributed by atoms with Crippen molar-refractivity contribution in [3.05, 3.63) is 186 Å². The molecule has 0 atom stereocenters. The van der Waals surface area contributed by atoms with E-state index in [9.17, 15) is 0 Å². The van der Waals surface area contributed by atoms with Crippen molar-refractivity contribution >= 4 is 50.8 Å². The van der Waals surface area contributed by atoms with Gasteiger partial charge in [0.2, 0.25) is 0 Å². The summed E-state index contributed by atoms with van der Waals surface area (Å²) in [6, 6.07) is 59.4. The van der Waals surface area contributed by atoms with Crippen LogP contribution in [0.5, 0.6) is 0 Å². The largest absolute Gasteiger partial charge is 0.456 e. The van der Waals surface area contributed by atoms with E-state index in [-0.39, 0.29) is 0 Å². The summed E-state index contributed by atoms with van der Waals surface area (Å²) in [7, 11) is 0. The minimum absolute atomic E-state index is 0.495. The minimum atomic E-state index is -0.495. The fourth-order valence-electron chi connectivity index (χ4n) is 7.89. The van der Waals surface area contributed by atoms with Crippen LogP contribution in [0, 0.1) is 0 Å². The molecule has 1 aliphatic heterocycles. The van der Waals surface area contributed by atoms with Crippen LogP contribution in [-0.2, 0) is 5.41 Å². The normalized spacial score (nSPS) is 13.7. The van der Waals surface area contributed by atoms with Gasteiger partial charge in [-0.3, -0.25) is 0 Å². The predicted molar refractivity (Wildman–Crippen MR) is 190 cm³/mol. The maximum atomic E-state index is 6.49. The Balaban J connectivity index is 1.35. The topological polar surface area (TPSA) is 16.4 Å². The fourth-order valence-corrected chi connectivity index (χ4v) is 9.19. The summed E-state index contributed by atoms with van der Waals surface area (Å²) >= 11 is 1.86. The monoisotopic (exact) mass is 605 g/mol. The van der Waals surface area contributed by atoms with Gasteiger partial charge in [0.1, 0.15) is 11.2 Å². The van der Waals surface area contributed by atoms with Crippen LogP contribution in [0.2, 0.25) is 0 Å². The van der Waals surface area contributed by atoms with Crippen LogP contribution in [0.15, 0.2) is 178 Å². The fraction of sp³-hybridized carbons (Fsp3) is 0.0233. The summed E-state index contributed by atoms with van der Waals surface area (Å²) in [5.41, 5.74) is 12.6. The smallest absolute Gasteiger partial charge is 0.136 e. The summed E-state index contributed by atoms with van der Waals surface area (Å²) < 4.78 is 6.49. The van der Waals surface area contributed by atoms with E-state index in [0.717, 1.165) is 39.0 Å². The highest BCUT2D eigenvalue weighted by molar-refractivity contribution is 7.99. The lowest BCUT2D eigenvalue weighted by atomic mass is 9.67. The predicted octanol–water partition coefficient (Wildman–Crippen LogP) is 11.9. The second-order valence-corrected chi connectivity index (χ2v) is 13.1. The van der Waals surface area contributed by atoms with Crippen LogP contribution in [0.3, 0.4) is 0 Å². The number of benzene rings is 7. The van der Waals surface area contributed by atoms with Gasteiger partial charge in [-0.05, 0) is 81.9 Å². The molecule has 2 aliphatic rings. The van der Waals surface area contributed by atoms with Crippen LogP contribution >= 0.6 is 11.8 Å². The highest BCUT2D eigenvalue weighted by atomic mass is 32.2. The van der Waals surface area contributed by atoms with E-state index in [1.165, 1.54) is 43.2 Å². The maximum absolute atomic E-state index is 6.49. The molecular formula is C43H27NOS. The highest BCUT2D eigenvalue weighted by Crippen LogP contribution is 2.64. The Bertz CT molecular complexity index is 2380. The number of anilines is 3. The van der Waals surface area contributed by atoms with Crippen LogP contribution in [0.4, 0.5) is 17.1 Å². The Kier molecular flexibility index (Phi) is 5.46. The molecule has 7 aromatic carbocycles. The van der Waals surface area contributed by atoms with Crippen molar-refractivity contribution in [1.29, 1.82) is 0 Å². The zero-order valence-electron chi connectivity index (χ0n) is 24.9. The van der Waals surface area contributed by atoms with E-state index < -0.39 is 5.41 Å². The third kappa shape index (κ3) is 3.44. The van der Waals surface area contributed by atoms with Gasteiger partial charge in [-0.15, -0.1) is 0 Å². The molecule has 8 aromatic rings. The van der Waals surface area contributed by atoms with E-state index >= 15 is 0 Å². The van der Waals surface area contributed by atoms with Crippen LogP contribution < -0.4 is 4.90 Å². The van der Waals surface area contributed by atoms with Gasteiger partial charge < -0.3 is 9.32 Å². The molecule has 216 valence electrons. The van der Waals surface area contributed by atoms with Crippen molar-refractivity contribution in [1.82, 2.24) is 0 Å². The number of furan rings is 1. The summed E-state index contributed by atoms with van der Waals surface area (Å²) in [6.07, 6.45) is 0. The highest BCUT2D eigenvalue weighted by Gasteiger charge is 2.51. The first-order valence-corrected chi connectivity index (χ1v) is 16.5. The maximum Gasteiger partial charge on any atom is 0.136 e. The molecule has 0 unspecified atom stereocenters. The molecule has 0 saturated carbocycles. The first-order valence-electron chi connectivity index (χ1n) is 15.7. The molecule has 0 N–H and O–H groups in total. The zero-order valence-corrected chi connectivity index (χ0v) is 25.7. The van der Waals surface area contributed by atoms with Crippen molar-refractivity contribution in [2.45, 2.75) is 15.2 Å². The van der Waals surface area contributed by atoms with E-state index in [4.69, 9.17) is 4.42 Å². The molecule has 2 heterocycles. The second kappa shape index (κ2) is 9.74. The van der Waals surface area contributed by atoms with Gasteiger partial charge in [-0.1, -0.05) is 127 Å². The van der Waals surface area contributed by atoms with Gasteiger partial charge >= 0.3 is 0 Å². The van der Waals surface area contributed by atoms with Crippen LogP contribution in [0.1, 0.15) is 22.3 Å². The lowest BCUT2D eigenvalue weighted by Gasteiger charge is -2.41.